The zero-order valence-electron chi connectivity index (χ0n) is 10.7. The fourth-order valence-electron chi connectivity index (χ4n) is 1.61. The lowest BCUT2D eigenvalue weighted by Gasteiger charge is -2.08. The molecule has 1 aromatic carbocycles. The molecule has 7 nitrogen and oxygen atoms in total. The maximum absolute atomic E-state index is 11.0. The van der Waals surface area contributed by atoms with E-state index in [1.165, 1.54) is 18.2 Å². The van der Waals surface area contributed by atoms with E-state index in [2.05, 4.69) is 4.98 Å². The fraction of sp³-hybridized carbons (Fsp3) is 0.0769. The normalized spacial score (nSPS) is 10.2. The van der Waals surface area contributed by atoms with Crippen molar-refractivity contribution in [2.24, 2.45) is 0 Å². The van der Waals surface area contributed by atoms with Gasteiger partial charge in [-0.2, -0.15) is 0 Å². The Labute approximate surface area is 123 Å². The summed E-state index contributed by atoms with van der Waals surface area (Å²) < 4.78 is 5.39. The van der Waals surface area contributed by atoms with Crippen molar-refractivity contribution in [3.8, 4) is 11.6 Å². The van der Waals surface area contributed by atoms with Gasteiger partial charge >= 0.3 is 11.7 Å². The molecule has 0 atom stereocenters. The summed E-state index contributed by atoms with van der Waals surface area (Å²) in [6.07, 6.45) is 1.12. The Kier molecular flexibility index (Phi) is 4.04. The van der Waals surface area contributed by atoms with Gasteiger partial charge < -0.3 is 9.84 Å². The number of carboxylic acid groups (broad SMARTS) is 1. The van der Waals surface area contributed by atoms with Gasteiger partial charge in [0.05, 0.1) is 10.5 Å². The van der Waals surface area contributed by atoms with E-state index in [9.17, 15) is 14.9 Å². The van der Waals surface area contributed by atoms with Crippen LogP contribution in [0.3, 0.4) is 0 Å². The first kappa shape index (κ1) is 14.7. The number of nitro groups is 1. The van der Waals surface area contributed by atoms with Gasteiger partial charge in [0.1, 0.15) is 0 Å². The number of ether oxygens (including phenoxy) is 1. The van der Waals surface area contributed by atoms with E-state index in [1.54, 1.807) is 6.92 Å². The molecule has 0 aliphatic heterocycles. The molecule has 21 heavy (non-hydrogen) atoms. The number of carboxylic acids is 1. The third-order valence-corrected chi connectivity index (χ3v) is 2.84. The monoisotopic (exact) mass is 308 g/mol. The first-order valence-electron chi connectivity index (χ1n) is 5.70. The Morgan fingerprint density at radius 1 is 1.43 bits per heavy atom. The van der Waals surface area contributed by atoms with E-state index in [0.717, 1.165) is 12.3 Å². The molecule has 0 saturated heterocycles. The van der Waals surface area contributed by atoms with Crippen molar-refractivity contribution < 1.29 is 19.6 Å². The van der Waals surface area contributed by atoms with E-state index >= 15 is 0 Å². The Hall–Kier alpha value is -2.67. The molecule has 0 saturated carbocycles. The molecular formula is C13H9ClN2O5. The zero-order valence-corrected chi connectivity index (χ0v) is 11.5. The van der Waals surface area contributed by atoms with Crippen molar-refractivity contribution in [2.75, 3.05) is 0 Å². The Bertz CT molecular complexity index is 732. The van der Waals surface area contributed by atoms with Crippen LogP contribution >= 0.6 is 11.6 Å². The molecular weight excluding hydrogens is 300 g/mol. The second-order valence-electron chi connectivity index (χ2n) is 4.12. The molecule has 0 unspecified atom stereocenters. The number of pyridine rings is 1. The molecule has 0 radical (unpaired) electrons. The predicted molar refractivity (Wildman–Crippen MR) is 74.1 cm³/mol. The number of nitrogens with zero attached hydrogens (tertiary/aromatic N) is 2. The van der Waals surface area contributed by atoms with E-state index in [-0.39, 0.29) is 27.9 Å². The minimum atomic E-state index is -1.12. The summed E-state index contributed by atoms with van der Waals surface area (Å²) in [6.45, 7) is 1.59. The summed E-state index contributed by atoms with van der Waals surface area (Å²) in [7, 11) is 0. The minimum Gasteiger partial charge on any atom is -0.478 e. The SMILES string of the molecule is Cc1cc(C(=O)O)cnc1Oc1ccc(Cl)cc1[N+](=O)[O-]. The number of aryl methyl sites for hydroxylation is 1. The van der Waals surface area contributed by atoms with Gasteiger partial charge in [-0.05, 0) is 25.1 Å². The zero-order chi connectivity index (χ0) is 15.6. The topological polar surface area (TPSA) is 103 Å². The molecule has 0 aliphatic carbocycles. The van der Waals surface area contributed by atoms with Gasteiger partial charge in [0, 0.05) is 22.8 Å². The van der Waals surface area contributed by atoms with E-state index in [4.69, 9.17) is 21.4 Å². The van der Waals surface area contributed by atoms with Crippen molar-refractivity contribution in [3.05, 3.63) is 56.7 Å². The van der Waals surface area contributed by atoms with Crippen LogP contribution in [0.15, 0.2) is 30.5 Å². The van der Waals surface area contributed by atoms with Crippen LogP contribution in [0, 0.1) is 17.0 Å². The molecule has 0 bridgehead atoms. The van der Waals surface area contributed by atoms with Crippen LogP contribution in [-0.4, -0.2) is 21.0 Å². The average Bonchev–Trinajstić information content (AvgIpc) is 2.42. The van der Waals surface area contributed by atoms with Gasteiger partial charge in [-0.1, -0.05) is 11.6 Å². The molecule has 2 aromatic rings. The summed E-state index contributed by atoms with van der Waals surface area (Å²) in [4.78, 5) is 25.0. The number of nitro benzene ring substituents is 1. The van der Waals surface area contributed by atoms with Crippen LogP contribution in [0.1, 0.15) is 15.9 Å². The molecule has 0 spiro atoms. The highest BCUT2D eigenvalue weighted by molar-refractivity contribution is 6.30. The quantitative estimate of drug-likeness (QED) is 0.685. The summed E-state index contributed by atoms with van der Waals surface area (Å²) in [6, 6.07) is 5.34. The van der Waals surface area contributed by atoms with Crippen molar-refractivity contribution in [2.45, 2.75) is 6.92 Å². The number of benzene rings is 1. The number of hydrogen-bond acceptors (Lipinski definition) is 5. The van der Waals surface area contributed by atoms with Gasteiger partial charge in [0.15, 0.2) is 0 Å². The maximum atomic E-state index is 11.0. The number of aromatic carboxylic acids is 1. The van der Waals surface area contributed by atoms with Gasteiger partial charge in [-0.25, -0.2) is 9.78 Å². The highest BCUT2D eigenvalue weighted by Gasteiger charge is 2.18. The predicted octanol–water partition coefficient (Wildman–Crippen LogP) is 3.44. The standard InChI is InChI=1S/C13H9ClN2O5/c1-7-4-8(13(17)18)6-15-12(7)21-11-3-2-9(14)5-10(11)16(19)20/h2-6H,1H3,(H,17,18). The number of halogens is 1. The Morgan fingerprint density at radius 2 is 2.14 bits per heavy atom. The van der Waals surface area contributed by atoms with Crippen molar-refractivity contribution in [3.63, 3.8) is 0 Å². The lowest BCUT2D eigenvalue weighted by molar-refractivity contribution is -0.385. The number of carbonyl (C=O) groups is 1. The molecule has 8 heteroatoms. The second-order valence-corrected chi connectivity index (χ2v) is 4.56. The molecule has 0 amide bonds. The fourth-order valence-corrected chi connectivity index (χ4v) is 1.78. The van der Waals surface area contributed by atoms with Crippen LogP contribution in [-0.2, 0) is 0 Å². The van der Waals surface area contributed by atoms with Crippen LogP contribution in [0.5, 0.6) is 11.6 Å². The summed E-state index contributed by atoms with van der Waals surface area (Å²) in [5.41, 5.74) is 0.149. The lowest BCUT2D eigenvalue weighted by Crippen LogP contribution is -2.01. The van der Waals surface area contributed by atoms with Crippen LogP contribution in [0.4, 0.5) is 5.69 Å². The minimum absolute atomic E-state index is 0.00505. The largest absolute Gasteiger partial charge is 0.478 e. The molecule has 0 aliphatic rings. The molecule has 0 fully saturated rings. The first-order chi connectivity index (χ1) is 9.88. The smallest absolute Gasteiger partial charge is 0.337 e. The Morgan fingerprint density at radius 3 is 2.71 bits per heavy atom. The molecule has 1 N–H and O–H groups in total. The van der Waals surface area contributed by atoms with Gasteiger partial charge in [-0.3, -0.25) is 10.1 Å². The van der Waals surface area contributed by atoms with Crippen molar-refractivity contribution in [1.82, 2.24) is 4.98 Å². The molecule has 1 aromatic heterocycles. The molecule has 1 heterocycles. The third-order valence-electron chi connectivity index (χ3n) is 2.60. The summed E-state index contributed by atoms with van der Waals surface area (Å²) in [5, 5.41) is 20.0. The van der Waals surface area contributed by atoms with E-state index in [0.29, 0.717) is 5.56 Å². The number of hydrogen-bond donors (Lipinski definition) is 1. The van der Waals surface area contributed by atoms with Gasteiger partial charge in [-0.15, -0.1) is 0 Å². The third kappa shape index (κ3) is 3.26. The lowest BCUT2D eigenvalue weighted by atomic mass is 10.2. The molecule has 108 valence electrons. The van der Waals surface area contributed by atoms with E-state index < -0.39 is 10.9 Å². The van der Waals surface area contributed by atoms with Gasteiger partial charge in [0.2, 0.25) is 11.6 Å². The highest BCUT2D eigenvalue weighted by atomic mass is 35.5. The van der Waals surface area contributed by atoms with Gasteiger partial charge in [0.25, 0.3) is 0 Å². The Balaban J connectivity index is 2.39. The summed E-state index contributed by atoms with van der Waals surface area (Å²) >= 11 is 5.71. The average molecular weight is 309 g/mol. The highest BCUT2D eigenvalue weighted by Crippen LogP contribution is 2.33. The van der Waals surface area contributed by atoms with Crippen LogP contribution < -0.4 is 4.74 Å². The van der Waals surface area contributed by atoms with Crippen molar-refractivity contribution >= 4 is 23.3 Å². The van der Waals surface area contributed by atoms with Crippen LogP contribution in [0.25, 0.3) is 0 Å². The van der Waals surface area contributed by atoms with E-state index in [1.807, 2.05) is 0 Å². The van der Waals surface area contributed by atoms with Crippen molar-refractivity contribution in [1.29, 1.82) is 0 Å². The number of rotatable bonds is 4. The number of aromatic nitrogens is 1. The summed E-state index contributed by atoms with van der Waals surface area (Å²) in [5.74, 6) is -1.05. The maximum Gasteiger partial charge on any atom is 0.337 e. The van der Waals surface area contributed by atoms with Crippen LogP contribution in [0.2, 0.25) is 5.02 Å². The first-order valence-corrected chi connectivity index (χ1v) is 6.08. The molecule has 2 rings (SSSR count). The second kappa shape index (κ2) is 5.76.